The predicted octanol–water partition coefficient (Wildman–Crippen LogP) is 9.67. The van der Waals surface area contributed by atoms with Crippen LogP contribution in [0.15, 0.2) is 248 Å². The summed E-state index contributed by atoms with van der Waals surface area (Å²) in [6.07, 6.45) is 16.6. The summed E-state index contributed by atoms with van der Waals surface area (Å²) in [6.45, 7) is 2.20. The molecule has 8 aromatic rings. The van der Waals surface area contributed by atoms with Crippen LogP contribution in [0.25, 0.3) is 28.1 Å². The third kappa shape index (κ3) is 7.45. The second-order valence-corrected chi connectivity index (χ2v) is 24.7. The first-order chi connectivity index (χ1) is 31.2. The van der Waals surface area contributed by atoms with Crippen molar-refractivity contribution in [2.75, 3.05) is 0 Å². The second-order valence-electron chi connectivity index (χ2n) is 16.8. The summed E-state index contributed by atoms with van der Waals surface area (Å²) >= 11 is 0. The summed E-state index contributed by atoms with van der Waals surface area (Å²) in [5.41, 5.74) is 6.86. The molecule has 0 N–H and O–H groups in total. The van der Waals surface area contributed by atoms with E-state index in [1.807, 2.05) is 0 Å². The Morgan fingerprint density at radius 2 is 0.905 bits per heavy atom. The van der Waals surface area contributed by atoms with Gasteiger partial charge in [0, 0.05) is 11.1 Å². The molecule has 2 aliphatic rings. The second kappa shape index (κ2) is 17.8. The first-order valence-corrected chi connectivity index (χ1v) is 26.3. The quantitative estimate of drug-likeness (QED) is 0.0959. The van der Waals surface area contributed by atoms with E-state index in [2.05, 4.69) is 250 Å². The number of hydrogen-bond acceptors (Lipinski definition) is 2. The fraction of sp³-hybridized carbons (Fsp3) is 0.0847. The van der Waals surface area contributed by atoms with Crippen molar-refractivity contribution >= 4 is 58.0 Å². The van der Waals surface area contributed by atoms with Gasteiger partial charge in [0.25, 0.3) is 0 Å². The SMILES string of the molecule is CC1=C(c2nc(-c3cccc([Si](c4ccccc4)(c4ccccc4)c4ccccc4)c3)cc(-c3cccc([Si](c4ccccc4)(c4ccccc4)C4C=CC=CC4)c3)n2)CCC=C1. The molecule has 1 unspecified atom stereocenters. The highest BCUT2D eigenvalue weighted by molar-refractivity contribution is 7.20. The fourth-order valence-corrected chi connectivity index (χ4v) is 20.4. The van der Waals surface area contributed by atoms with Gasteiger partial charge >= 0.3 is 0 Å². The Labute approximate surface area is 374 Å². The van der Waals surface area contributed by atoms with Crippen LogP contribution in [0.1, 0.15) is 32.0 Å². The molecule has 0 bridgehead atoms. The van der Waals surface area contributed by atoms with Crippen molar-refractivity contribution in [2.45, 2.75) is 31.7 Å². The molecule has 7 aromatic carbocycles. The van der Waals surface area contributed by atoms with Crippen LogP contribution in [0.4, 0.5) is 0 Å². The molecule has 0 aliphatic heterocycles. The minimum absolute atomic E-state index is 0.340. The van der Waals surface area contributed by atoms with E-state index in [9.17, 15) is 0 Å². The maximum Gasteiger partial charge on any atom is 0.179 e. The van der Waals surface area contributed by atoms with Crippen LogP contribution < -0.4 is 36.3 Å². The van der Waals surface area contributed by atoms with Gasteiger partial charge in [-0.2, -0.15) is 0 Å². The average molecular weight is 843 g/mol. The zero-order valence-electron chi connectivity index (χ0n) is 35.7. The van der Waals surface area contributed by atoms with Gasteiger partial charge in [0.1, 0.15) is 0 Å². The molecule has 0 saturated carbocycles. The molecule has 304 valence electrons. The number of hydrogen-bond donors (Lipinski definition) is 0. The van der Waals surface area contributed by atoms with Crippen LogP contribution in [0.5, 0.6) is 0 Å². The molecule has 2 nitrogen and oxygen atoms in total. The molecule has 0 spiro atoms. The van der Waals surface area contributed by atoms with Crippen molar-refractivity contribution in [1.82, 2.24) is 9.97 Å². The lowest BCUT2D eigenvalue weighted by atomic mass is 9.97. The molecule has 1 heterocycles. The van der Waals surface area contributed by atoms with Crippen molar-refractivity contribution in [2.24, 2.45) is 0 Å². The first kappa shape index (κ1) is 40.1. The zero-order chi connectivity index (χ0) is 42.5. The average Bonchev–Trinajstić information content (AvgIpc) is 3.37. The minimum Gasteiger partial charge on any atom is -0.228 e. The minimum atomic E-state index is -2.78. The Balaban J connectivity index is 1.19. The monoisotopic (exact) mass is 842 g/mol. The zero-order valence-corrected chi connectivity index (χ0v) is 37.7. The van der Waals surface area contributed by atoms with E-state index in [4.69, 9.17) is 9.97 Å². The van der Waals surface area contributed by atoms with Gasteiger partial charge in [-0.25, -0.2) is 9.97 Å². The lowest BCUT2D eigenvalue weighted by Crippen LogP contribution is -2.74. The van der Waals surface area contributed by atoms with E-state index < -0.39 is 16.1 Å². The molecule has 0 saturated heterocycles. The Kier molecular flexibility index (Phi) is 11.3. The van der Waals surface area contributed by atoms with E-state index in [1.54, 1.807) is 0 Å². The number of benzene rings is 7. The highest BCUT2D eigenvalue weighted by Crippen LogP contribution is 2.34. The number of aromatic nitrogens is 2. The third-order valence-electron chi connectivity index (χ3n) is 13.2. The van der Waals surface area contributed by atoms with Gasteiger partial charge in [0.15, 0.2) is 22.0 Å². The summed E-state index contributed by atoms with van der Waals surface area (Å²) in [4.78, 5) is 11.0. The molecule has 10 rings (SSSR count). The maximum atomic E-state index is 5.49. The van der Waals surface area contributed by atoms with Crippen molar-refractivity contribution in [3.05, 3.63) is 254 Å². The van der Waals surface area contributed by atoms with Crippen molar-refractivity contribution < 1.29 is 0 Å². The summed E-state index contributed by atoms with van der Waals surface area (Å²) in [7, 11) is -5.42. The van der Waals surface area contributed by atoms with Gasteiger partial charge < -0.3 is 0 Å². The predicted molar refractivity (Wildman–Crippen MR) is 272 cm³/mol. The lowest BCUT2D eigenvalue weighted by molar-refractivity contribution is 0.992. The van der Waals surface area contributed by atoms with Gasteiger partial charge in [-0.1, -0.05) is 237 Å². The molecular formula is C59H50N2Si2. The largest absolute Gasteiger partial charge is 0.228 e. The molecule has 2 aliphatic carbocycles. The molecular weight excluding hydrogens is 793 g/mol. The van der Waals surface area contributed by atoms with Gasteiger partial charge in [-0.05, 0) is 85.2 Å². The van der Waals surface area contributed by atoms with Gasteiger partial charge in [0.05, 0.1) is 11.4 Å². The number of nitrogens with zero attached hydrogens (tertiary/aromatic N) is 2. The molecule has 4 heteroatoms. The van der Waals surface area contributed by atoms with Crippen molar-refractivity contribution in [3.8, 4) is 22.5 Å². The van der Waals surface area contributed by atoms with Crippen LogP contribution in [0.3, 0.4) is 0 Å². The van der Waals surface area contributed by atoms with E-state index in [0.29, 0.717) is 5.54 Å². The molecule has 1 aromatic heterocycles. The van der Waals surface area contributed by atoms with Crippen LogP contribution in [0.2, 0.25) is 5.54 Å². The molecule has 0 amide bonds. The molecule has 1 atom stereocenters. The highest BCUT2D eigenvalue weighted by atomic mass is 28.3. The smallest absolute Gasteiger partial charge is 0.179 e. The van der Waals surface area contributed by atoms with E-state index in [-0.39, 0.29) is 0 Å². The van der Waals surface area contributed by atoms with E-state index in [0.717, 1.165) is 47.6 Å². The standard InChI is InChI=1S/C59H50N2Si2/c1-45-24-20-21-41-56(45)59-60-57(46-25-22-39-54(42-46)62(48-27-8-2-9-28-48,49-29-10-3-11-30-49)50-31-12-4-13-32-50)44-58(61-59)47-26-23-40-55(43-47)63(51-33-14-5-15-34-51,52-35-16-6-17-36-52)53-37-18-7-19-38-53/h2-20,22-37,39-40,42-44,53H,21,38,41H2,1H3. The highest BCUT2D eigenvalue weighted by Gasteiger charge is 2.45. The van der Waals surface area contributed by atoms with Crippen LogP contribution in [-0.2, 0) is 0 Å². The van der Waals surface area contributed by atoms with Gasteiger partial charge in [-0.3, -0.25) is 0 Å². The maximum absolute atomic E-state index is 5.49. The number of rotatable bonds is 11. The van der Waals surface area contributed by atoms with Crippen molar-refractivity contribution in [1.29, 1.82) is 0 Å². The van der Waals surface area contributed by atoms with Crippen LogP contribution in [0, 0.1) is 0 Å². The molecule has 0 fully saturated rings. The van der Waals surface area contributed by atoms with Gasteiger partial charge in [0.2, 0.25) is 0 Å². The lowest BCUT2D eigenvalue weighted by Gasteiger charge is -2.40. The third-order valence-corrected chi connectivity index (χ3v) is 23.2. The Morgan fingerprint density at radius 1 is 0.444 bits per heavy atom. The topological polar surface area (TPSA) is 25.8 Å². The summed E-state index contributed by atoms with van der Waals surface area (Å²) in [5.74, 6) is 0.813. The first-order valence-electron chi connectivity index (χ1n) is 22.2. The fourth-order valence-electron chi connectivity index (χ4n) is 10.3. The van der Waals surface area contributed by atoms with E-state index in [1.165, 1.54) is 47.5 Å². The van der Waals surface area contributed by atoms with Gasteiger partial charge in [-0.15, -0.1) is 0 Å². The van der Waals surface area contributed by atoms with Crippen molar-refractivity contribution in [3.63, 3.8) is 0 Å². The van der Waals surface area contributed by atoms with Crippen LogP contribution >= 0.6 is 0 Å². The Morgan fingerprint density at radius 3 is 1.38 bits per heavy atom. The summed E-state index contributed by atoms with van der Waals surface area (Å²) < 4.78 is 0. The summed E-state index contributed by atoms with van der Waals surface area (Å²) in [5, 5.41) is 9.58. The summed E-state index contributed by atoms with van der Waals surface area (Å²) in [6, 6.07) is 76.9. The Bertz CT molecular complexity index is 2840. The normalized spacial score (nSPS) is 15.1. The Hall–Kier alpha value is -6.99. The van der Waals surface area contributed by atoms with Crippen LogP contribution in [-0.4, -0.2) is 26.1 Å². The number of allylic oxidation sites excluding steroid dienone is 8. The molecule has 0 radical (unpaired) electrons. The van der Waals surface area contributed by atoms with E-state index >= 15 is 0 Å². The molecule has 63 heavy (non-hydrogen) atoms.